The van der Waals surface area contributed by atoms with Crippen molar-refractivity contribution in [2.24, 2.45) is 0 Å². The molecule has 0 aliphatic rings. The largest absolute Gasteiger partial charge is 0.456 e. The molecule has 0 saturated carbocycles. The molecule has 0 amide bonds. The third-order valence-electron chi connectivity index (χ3n) is 2.99. The van der Waals surface area contributed by atoms with Crippen molar-refractivity contribution < 1.29 is 4.74 Å². The van der Waals surface area contributed by atoms with Crippen molar-refractivity contribution in [1.82, 2.24) is 10.3 Å². The van der Waals surface area contributed by atoms with Gasteiger partial charge in [-0.1, -0.05) is 26.0 Å². The average Bonchev–Trinajstić information content (AvgIpc) is 2.46. The van der Waals surface area contributed by atoms with Gasteiger partial charge < -0.3 is 10.1 Å². The van der Waals surface area contributed by atoms with E-state index < -0.39 is 0 Å². The summed E-state index contributed by atoms with van der Waals surface area (Å²) in [7, 11) is 0. The van der Waals surface area contributed by atoms with Gasteiger partial charge >= 0.3 is 0 Å². The van der Waals surface area contributed by atoms with Crippen LogP contribution in [-0.4, -0.2) is 11.5 Å². The molecule has 1 atom stereocenters. The third-order valence-corrected chi connectivity index (χ3v) is 2.99. The maximum absolute atomic E-state index is 5.80. The number of hydrogen-bond acceptors (Lipinski definition) is 3. The number of nitrogens with zero attached hydrogens (tertiary/aromatic N) is 1. The van der Waals surface area contributed by atoms with Crippen molar-refractivity contribution in [3.8, 4) is 11.5 Å². The first-order chi connectivity index (χ1) is 9.33. The highest BCUT2D eigenvalue weighted by Gasteiger charge is 2.08. The fourth-order valence-corrected chi connectivity index (χ4v) is 2.08. The smallest absolute Gasteiger partial charge is 0.145 e. The molecule has 1 heterocycles. The Morgan fingerprint density at radius 2 is 2.00 bits per heavy atom. The molecule has 2 aromatic rings. The van der Waals surface area contributed by atoms with E-state index in [0.717, 1.165) is 24.5 Å². The molecule has 2 rings (SSSR count). The lowest BCUT2D eigenvalue weighted by Crippen LogP contribution is -2.19. The maximum atomic E-state index is 5.80. The average molecular weight is 256 g/mol. The predicted octanol–water partition coefficient (Wildman–Crippen LogP) is 3.93. The van der Waals surface area contributed by atoms with Crippen LogP contribution in [0.25, 0.3) is 0 Å². The van der Waals surface area contributed by atoms with Crippen LogP contribution < -0.4 is 10.1 Å². The Morgan fingerprint density at radius 1 is 1.16 bits per heavy atom. The molecule has 1 aromatic heterocycles. The Morgan fingerprint density at radius 3 is 2.68 bits per heavy atom. The number of nitrogens with one attached hydrogen (secondary N) is 1. The van der Waals surface area contributed by atoms with E-state index in [1.807, 2.05) is 24.3 Å². The van der Waals surface area contributed by atoms with Crippen LogP contribution in [0.5, 0.6) is 11.5 Å². The van der Waals surface area contributed by atoms with E-state index in [1.165, 1.54) is 5.56 Å². The van der Waals surface area contributed by atoms with E-state index in [9.17, 15) is 0 Å². The highest BCUT2D eigenvalue weighted by molar-refractivity contribution is 5.34. The van der Waals surface area contributed by atoms with Gasteiger partial charge in [-0.25, -0.2) is 0 Å². The van der Waals surface area contributed by atoms with E-state index in [-0.39, 0.29) is 0 Å². The standard InChI is InChI=1S/C16H20N2O/c1-3-16(18-4-2)13-7-5-8-14(11-13)19-15-9-6-10-17-12-15/h5-12,16,18H,3-4H2,1-2H3. The molecule has 19 heavy (non-hydrogen) atoms. The monoisotopic (exact) mass is 256 g/mol. The zero-order chi connectivity index (χ0) is 13.5. The number of ether oxygens (including phenoxy) is 1. The molecule has 0 saturated heterocycles. The fourth-order valence-electron chi connectivity index (χ4n) is 2.08. The normalized spacial score (nSPS) is 12.1. The Balaban J connectivity index is 2.15. The fraction of sp³-hybridized carbons (Fsp3) is 0.312. The van der Waals surface area contributed by atoms with Crippen molar-refractivity contribution in [3.05, 3.63) is 54.4 Å². The van der Waals surface area contributed by atoms with Crippen LogP contribution in [0.4, 0.5) is 0 Å². The van der Waals surface area contributed by atoms with Crippen molar-refractivity contribution in [2.75, 3.05) is 6.54 Å². The van der Waals surface area contributed by atoms with Crippen molar-refractivity contribution in [2.45, 2.75) is 26.3 Å². The zero-order valence-corrected chi connectivity index (χ0v) is 11.5. The van der Waals surface area contributed by atoms with Gasteiger partial charge in [0.2, 0.25) is 0 Å². The minimum atomic E-state index is 0.377. The van der Waals surface area contributed by atoms with Crippen LogP contribution >= 0.6 is 0 Å². The van der Waals surface area contributed by atoms with Gasteiger partial charge in [-0.15, -0.1) is 0 Å². The molecule has 1 unspecified atom stereocenters. The first-order valence-electron chi connectivity index (χ1n) is 6.74. The van der Waals surface area contributed by atoms with E-state index in [1.54, 1.807) is 12.4 Å². The first-order valence-corrected chi connectivity index (χ1v) is 6.74. The second-order valence-corrected chi connectivity index (χ2v) is 4.38. The maximum Gasteiger partial charge on any atom is 0.145 e. The Kier molecular flexibility index (Phi) is 4.93. The molecule has 3 nitrogen and oxygen atoms in total. The summed E-state index contributed by atoms with van der Waals surface area (Å²) < 4.78 is 5.80. The number of hydrogen-bond donors (Lipinski definition) is 1. The van der Waals surface area contributed by atoms with Crippen molar-refractivity contribution in [1.29, 1.82) is 0 Å². The van der Waals surface area contributed by atoms with E-state index in [4.69, 9.17) is 4.74 Å². The van der Waals surface area contributed by atoms with Gasteiger partial charge in [0, 0.05) is 12.2 Å². The summed E-state index contributed by atoms with van der Waals surface area (Å²) in [6.45, 7) is 5.27. The molecular weight excluding hydrogens is 236 g/mol. The van der Waals surface area contributed by atoms with Gasteiger partial charge in [0.1, 0.15) is 11.5 Å². The summed E-state index contributed by atoms with van der Waals surface area (Å²) in [4.78, 5) is 4.05. The van der Waals surface area contributed by atoms with Crippen LogP contribution in [-0.2, 0) is 0 Å². The molecule has 0 fully saturated rings. The molecule has 0 aliphatic heterocycles. The molecule has 1 N–H and O–H groups in total. The number of pyridine rings is 1. The van der Waals surface area contributed by atoms with Crippen LogP contribution in [0.3, 0.4) is 0 Å². The van der Waals surface area contributed by atoms with Crippen molar-refractivity contribution in [3.63, 3.8) is 0 Å². The Hall–Kier alpha value is -1.87. The zero-order valence-electron chi connectivity index (χ0n) is 11.5. The lowest BCUT2D eigenvalue weighted by Gasteiger charge is -2.17. The van der Waals surface area contributed by atoms with Gasteiger partial charge in [-0.3, -0.25) is 4.98 Å². The molecule has 3 heteroatoms. The summed E-state index contributed by atoms with van der Waals surface area (Å²) in [6.07, 6.45) is 4.51. The molecule has 0 spiro atoms. The van der Waals surface area contributed by atoms with Gasteiger partial charge in [-0.2, -0.15) is 0 Å². The molecular formula is C16H20N2O. The van der Waals surface area contributed by atoms with Gasteiger partial charge in [0.15, 0.2) is 0 Å². The second-order valence-electron chi connectivity index (χ2n) is 4.38. The van der Waals surface area contributed by atoms with E-state index in [2.05, 4.69) is 36.3 Å². The summed E-state index contributed by atoms with van der Waals surface area (Å²) in [5, 5.41) is 3.47. The highest BCUT2D eigenvalue weighted by Crippen LogP contribution is 2.25. The number of rotatable bonds is 6. The summed E-state index contributed by atoms with van der Waals surface area (Å²) >= 11 is 0. The van der Waals surface area contributed by atoms with Crippen LogP contribution in [0.2, 0.25) is 0 Å². The number of benzene rings is 1. The van der Waals surface area contributed by atoms with E-state index >= 15 is 0 Å². The summed E-state index contributed by atoms with van der Waals surface area (Å²) in [5.41, 5.74) is 1.26. The lowest BCUT2D eigenvalue weighted by molar-refractivity contribution is 0.475. The molecule has 0 bridgehead atoms. The van der Waals surface area contributed by atoms with E-state index in [0.29, 0.717) is 6.04 Å². The minimum Gasteiger partial charge on any atom is -0.456 e. The van der Waals surface area contributed by atoms with Gasteiger partial charge in [0.25, 0.3) is 0 Å². The predicted molar refractivity (Wildman–Crippen MR) is 77.5 cm³/mol. The van der Waals surface area contributed by atoms with Crippen LogP contribution in [0.1, 0.15) is 31.9 Å². The minimum absolute atomic E-state index is 0.377. The molecule has 0 radical (unpaired) electrons. The SMILES string of the molecule is CCNC(CC)c1cccc(Oc2cccnc2)c1. The topological polar surface area (TPSA) is 34.1 Å². The Bertz CT molecular complexity index is 499. The van der Waals surface area contributed by atoms with Crippen molar-refractivity contribution >= 4 is 0 Å². The third kappa shape index (κ3) is 3.80. The lowest BCUT2D eigenvalue weighted by atomic mass is 10.0. The molecule has 0 aliphatic carbocycles. The van der Waals surface area contributed by atoms with Gasteiger partial charge in [0.05, 0.1) is 6.20 Å². The van der Waals surface area contributed by atoms with Crippen LogP contribution in [0.15, 0.2) is 48.8 Å². The number of aromatic nitrogens is 1. The molecule has 1 aromatic carbocycles. The first kappa shape index (κ1) is 13.6. The highest BCUT2D eigenvalue weighted by atomic mass is 16.5. The summed E-state index contributed by atoms with van der Waals surface area (Å²) in [6, 6.07) is 12.4. The quantitative estimate of drug-likeness (QED) is 0.850. The van der Waals surface area contributed by atoms with Gasteiger partial charge in [-0.05, 0) is 42.8 Å². The second kappa shape index (κ2) is 6.90. The molecule has 100 valence electrons. The summed E-state index contributed by atoms with van der Waals surface area (Å²) in [5.74, 6) is 1.61. The Labute approximate surface area is 114 Å². The van der Waals surface area contributed by atoms with Crippen LogP contribution in [0, 0.1) is 0 Å².